The van der Waals surface area contributed by atoms with Gasteiger partial charge in [0.1, 0.15) is 11.6 Å². The molecule has 6 nitrogen and oxygen atoms in total. The number of halogens is 1. The summed E-state index contributed by atoms with van der Waals surface area (Å²) < 4.78 is 0.946. The predicted octanol–water partition coefficient (Wildman–Crippen LogP) is 5.74. The molecule has 0 aliphatic heterocycles. The number of hydrogen-bond acceptors (Lipinski definition) is 4. The van der Waals surface area contributed by atoms with Crippen LogP contribution in [0.5, 0.6) is 0 Å². The molecule has 2 heterocycles. The molecule has 0 aliphatic carbocycles. The molecule has 2 aromatic heterocycles. The average Bonchev–Trinajstić information content (AvgIpc) is 2.82. The van der Waals surface area contributed by atoms with Crippen molar-refractivity contribution in [3.8, 4) is 0 Å². The first-order chi connectivity index (χ1) is 15.5. The Morgan fingerprint density at radius 3 is 1.50 bits per heavy atom. The lowest BCUT2D eigenvalue weighted by Crippen LogP contribution is -2.12. The Morgan fingerprint density at radius 2 is 1.09 bits per heavy atom. The molecule has 0 fully saturated rings. The van der Waals surface area contributed by atoms with E-state index < -0.39 is 0 Å². The minimum absolute atomic E-state index is 0.140. The zero-order valence-electron chi connectivity index (χ0n) is 17.3. The van der Waals surface area contributed by atoms with Crippen molar-refractivity contribution in [3.63, 3.8) is 0 Å². The lowest BCUT2D eigenvalue weighted by atomic mass is 10.1. The Morgan fingerprint density at radius 1 is 0.656 bits per heavy atom. The predicted molar refractivity (Wildman–Crippen MR) is 130 cm³/mol. The van der Waals surface area contributed by atoms with Crippen molar-refractivity contribution in [3.05, 3.63) is 118 Å². The summed E-state index contributed by atoms with van der Waals surface area (Å²) in [6.07, 6.45) is 3.28. The number of amides is 2. The van der Waals surface area contributed by atoms with Crippen molar-refractivity contribution in [1.29, 1.82) is 0 Å². The van der Waals surface area contributed by atoms with E-state index in [1.54, 1.807) is 54.9 Å². The van der Waals surface area contributed by atoms with E-state index in [2.05, 4.69) is 36.5 Å². The van der Waals surface area contributed by atoms with Gasteiger partial charge in [0.05, 0.1) is 0 Å². The molecule has 160 valence electrons. The van der Waals surface area contributed by atoms with Crippen LogP contribution in [0.1, 0.15) is 26.3 Å². The SMILES string of the molecule is Cc1ccc(C(=O)Nc2ccccn2)cc1.O=C(Nc1ccccn1)c1ccc(Br)cc1. The number of anilines is 2. The Labute approximate surface area is 194 Å². The molecule has 4 aromatic rings. The van der Waals surface area contributed by atoms with E-state index in [4.69, 9.17) is 0 Å². The van der Waals surface area contributed by atoms with Gasteiger partial charge in [0.2, 0.25) is 0 Å². The highest BCUT2D eigenvalue weighted by Gasteiger charge is 2.06. The molecule has 7 heteroatoms. The van der Waals surface area contributed by atoms with Gasteiger partial charge in [-0.1, -0.05) is 45.8 Å². The lowest BCUT2D eigenvalue weighted by molar-refractivity contribution is 0.101. The van der Waals surface area contributed by atoms with Crippen LogP contribution in [0.3, 0.4) is 0 Å². The van der Waals surface area contributed by atoms with Crippen molar-refractivity contribution in [1.82, 2.24) is 9.97 Å². The molecule has 0 bridgehead atoms. The van der Waals surface area contributed by atoms with E-state index in [9.17, 15) is 9.59 Å². The van der Waals surface area contributed by atoms with E-state index in [1.165, 1.54) is 0 Å². The topological polar surface area (TPSA) is 84.0 Å². The van der Waals surface area contributed by atoms with Crippen molar-refractivity contribution < 1.29 is 9.59 Å². The molecule has 0 saturated carbocycles. The van der Waals surface area contributed by atoms with Crippen LogP contribution in [0.25, 0.3) is 0 Å². The Hall–Kier alpha value is -3.84. The van der Waals surface area contributed by atoms with E-state index in [0.717, 1.165) is 10.0 Å². The number of aromatic nitrogens is 2. The minimum atomic E-state index is -0.161. The summed E-state index contributed by atoms with van der Waals surface area (Å²) in [5, 5.41) is 5.44. The molecule has 4 rings (SSSR count). The number of nitrogens with zero attached hydrogens (tertiary/aromatic N) is 2. The zero-order valence-corrected chi connectivity index (χ0v) is 18.9. The Bertz CT molecular complexity index is 1060. The van der Waals surface area contributed by atoms with E-state index in [1.807, 2.05) is 49.4 Å². The second kappa shape index (κ2) is 11.5. The summed E-state index contributed by atoms with van der Waals surface area (Å²) in [5.41, 5.74) is 2.37. The van der Waals surface area contributed by atoms with Crippen LogP contribution in [0, 0.1) is 6.92 Å². The number of aryl methyl sites for hydroxylation is 1. The summed E-state index contributed by atoms with van der Waals surface area (Å²) in [7, 11) is 0. The van der Waals surface area contributed by atoms with Crippen LogP contribution in [0.15, 0.2) is 102 Å². The first-order valence-corrected chi connectivity index (χ1v) is 10.6. The van der Waals surface area contributed by atoms with Gasteiger partial charge in [-0.25, -0.2) is 9.97 Å². The average molecular weight is 489 g/mol. The first kappa shape index (κ1) is 22.8. The first-order valence-electron chi connectivity index (χ1n) is 9.78. The quantitative estimate of drug-likeness (QED) is 0.383. The highest BCUT2D eigenvalue weighted by Crippen LogP contribution is 2.12. The zero-order chi connectivity index (χ0) is 22.8. The monoisotopic (exact) mass is 488 g/mol. The maximum atomic E-state index is 11.8. The molecule has 0 aliphatic rings. The molecule has 0 spiro atoms. The molecule has 2 amide bonds. The summed E-state index contributed by atoms with van der Waals surface area (Å²) in [4.78, 5) is 31.6. The summed E-state index contributed by atoms with van der Waals surface area (Å²) >= 11 is 3.32. The van der Waals surface area contributed by atoms with E-state index in [0.29, 0.717) is 22.8 Å². The number of rotatable bonds is 4. The van der Waals surface area contributed by atoms with Gasteiger partial charge in [-0.2, -0.15) is 0 Å². The maximum Gasteiger partial charge on any atom is 0.256 e. The molecular formula is C25H21BrN4O2. The van der Waals surface area contributed by atoms with Crippen LogP contribution >= 0.6 is 15.9 Å². The molecule has 0 atom stereocenters. The standard InChI is InChI=1S/C13H12N2O.C12H9BrN2O/c1-10-5-7-11(8-6-10)13(16)15-12-4-2-3-9-14-12;13-10-6-4-9(5-7-10)12(16)15-11-3-1-2-8-14-11/h2-9H,1H3,(H,14,15,16);1-8H,(H,14,15,16). The highest BCUT2D eigenvalue weighted by atomic mass is 79.9. The van der Waals surface area contributed by atoms with Gasteiger partial charge in [0.25, 0.3) is 11.8 Å². The fourth-order valence-corrected chi connectivity index (χ4v) is 2.82. The second-order valence-electron chi connectivity index (χ2n) is 6.71. The van der Waals surface area contributed by atoms with Gasteiger partial charge in [-0.3, -0.25) is 9.59 Å². The van der Waals surface area contributed by atoms with Gasteiger partial charge >= 0.3 is 0 Å². The molecule has 32 heavy (non-hydrogen) atoms. The number of carbonyl (C=O) groups excluding carboxylic acids is 2. The van der Waals surface area contributed by atoms with E-state index >= 15 is 0 Å². The number of pyridine rings is 2. The van der Waals surface area contributed by atoms with Crippen LogP contribution in [0.4, 0.5) is 11.6 Å². The van der Waals surface area contributed by atoms with E-state index in [-0.39, 0.29) is 11.8 Å². The van der Waals surface area contributed by atoms with Gasteiger partial charge in [0.15, 0.2) is 0 Å². The van der Waals surface area contributed by atoms with Gasteiger partial charge in [-0.05, 0) is 67.6 Å². The van der Waals surface area contributed by atoms with Gasteiger partial charge in [-0.15, -0.1) is 0 Å². The van der Waals surface area contributed by atoms with Crippen LogP contribution in [-0.4, -0.2) is 21.8 Å². The normalized spacial score (nSPS) is 9.81. The summed E-state index contributed by atoms with van der Waals surface area (Å²) in [6, 6.07) is 25.3. The summed E-state index contributed by atoms with van der Waals surface area (Å²) in [6.45, 7) is 1.99. The van der Waals surface area contributed by atoms with Crippen molar-refractivity contribution in [2.75, 3.05) is 10.6 Å². The van der Waals surface area contributed by atoms with Crippen molar-refractivity contribution in [2.45, 2.75) is 6.92 Å². The number of benzene rings is 2. The second-order valence-corrected chi connectivity index (χ2v) is 7.63. The van der Waals surface area contributed by atoms with Gasteiger partial charge in [0, 0.05) is 28.0 Å². The number of carbonyl (C=O) groups is 2. The maximum absolute atomic E-state index is 11.8. The smallest absolute Gasteiger partial charge is 0.256 e. The third-order valence-electron chi connectivity index (χ3n) is 4.23. The molecule has 0 unspecified atom stereocenters. The molecule has 0 saturated heterocycles. The van der Waals surface area contributed by atoms with Crippen molar-refractivity contribution >= 4 is 39.4 Å². The fraction of sp³-hybridized carbons (Fsp3) is 0.0400. The minimum Gasteiger partial charge on any atom is -0.307 e. The fourth-order valence-electron chi connectivity index (χ4n) is 2.56. The number of hydrogen-bond donors (Lipinski definition) is 2. The highest BCUT2D eigenvalue weighted by molar-refractivity contribution is 9.10. The van der Waals surface area contributed by atoms with Crippen molar-refractivity contribution in [2.24, 2.45) is 0 Å². The lowest BCUT2D eigenvalue weighted by Gasteiger charge is -2.03. The summed E-state index contributed by atoms with van der Waals surface area (Å²) in [5.74, 6) is 0.813. The number of nitrogens with one attached hydrogen (secondary N) is 2. The third-order valence-corrected chi connectivity index (χ3v) is 4.76. The van der Waals surface area contributed by atoms with Gasteiger partial charge < -0.3 is 10.6 Å². The Balaban J connectivity index is 0.000000181. The van der Waals surface area contributed by atoms with Crippen LogP contribution < -0.4 is 10.6 Å². The largest absolute Gasteiger partial charge is 0.307 e. The van der Waals surface area contributed by atoms with Crippen LogP contribution in [0.2, 0.25) is 0 Å². The third kappa shape index (κ3) is 7.14. The molecular weight excluding hydrogens is 468 g/mol. The van der Waals surface area contributed by atoms with Crippen LogP contribution in [-0.2, 0) is 0 Å². The molecule has 2 N–H and O–H groups in total. The Kier molecular flexibility index (Phi) is 8.22. The molecule has 2 aromatic carbocycles. The molecule has 0 radical (unpaired) electrons.